The Hall–Kier alpha value is -0.290. The highest BCUT2D eigenvalue weighted by Crippen LogP contribution is 2.42. The summed E-state index contributed by atoms with van der Waals surface area (Å²) in [6.45, 7) is 3.49. The van der Waals surface area contributed by atoms with Crippen molar-refractivity contribution in [2.45, 2.75) is 57.2 Å². The third-order valence-electron chi connectivity index (χ3n) is 4.42. The standard InChI is InChI=1S/C13H25F3N2/c1-3-4-9-18(2)12(10-17)7-5-11(6-8-12)13(14,15)16/h11H,3-10,17H2,1-2H3. The van der Waals surface area contributed by atoms with Crippen molar-refractivity contribution in [1.29, 1.82) is 0 Å². The van der Waals surface area contributed by atoms with E-state index in [-0.39, 0.29) is 18.4 Å². The number of nitrogens with two attached hydrogens (primary N) is 1. The Labute approximate surface area is 108 Å². The highest BCUT2D eigenvalue weighted by atomic mass is 19.4. The molecule has 0 amide bonds. The van der Waals surface area contributed by atoms with Gasteiger partial charge >= 0.3 is 6.18 Å². The molecule has 1 aliphatic rings. The normalized spacial score (nSPS) is 29.8. The molecule has 0 unspecified atom stereocenters. The lowest BCUT2D eigenvalue weighted by Gasteiger charge is -2.46. The monoisotopic (exact) mass is 266 g/mol. The molecule has 0 spiro atoms. The minimum Gasteiger partial charge on any atom is -0.329 e. The molecule has 0 aliphatic heterocycles. The molecule has 0 radical (unpaired) electrons. The van der Waals surface area contributed by atoms with Gasteiger partial charge in [0.05, 0.1) is 5.92 Å². The Kier molecular flexibility index (Phi) is 5.46. The van der Waals surface area contributed by atoms with Crippen LogP contribution in [0, 0.1) is 5.92 Å². The topological polar surface area (TPSA) is 29.3 Å². The van der Waals surface area contributed by atoms with Gasteiger partial charge in [-0.3, -0.25) is 4.90 Å². The van der Waals surface area contributed by atoms with Crippen LogP contribution in [0.5, 0.6) is 0 Å². The summed E-state index contributed by atoms with van der Waals surface area (Å²) in [7, 11) is 2.00. The van der Waals surface area contributed by atoms with E-state index in [0.717, 1.165) is 19.4 Å². The zero-order valence-electron chi connectivity index (χ0n) is 11.4. The Morgan fingerprint density at radius 3 is 2.22 bits per heavy atom. The first-order valence-corrected chi connectivity index (χ1v) is 6.84. The van der Waals surface area contributed by atoms with Gasteiger partial charge in [0.2, 0.25) is 0 Å². The molecule has 108 valence electrons. The van der Waals surface area contributed by atoms with Crippen LogP contribution in [-0.2, 0) is 0 Å². The summed E-state index contributed by atoms with van der Waals surface area (Å²) in [6, 6.07) is 0. The highest BCUT2D eigenvalue weighted by Gasteiger charge is 2.46. The van der Waals surface area contributed by atoms with Crippen LogP contribution in [0.15, 0.2) is 0 Å². The third-order valence-corrected chi connectivity index (χ3v) is 4.42. The fourth-order valence-electron chi connectivity index (χ4n) is 2.86. The van der Waals surface area contributed by atoms with E-state index in [1.807, 2.05) is 7.05 Å². The molecule has 0 aromatic rings. The van der Waals surface area contributed by atoms with E-state index >= 15 is 0 Å². The molecule has 1 aliphatic carbocycles. The molecular formula is C13H25F3N2. The Bertz CT molecular complexity index is 245. The van der Waals surface area contributed by atoms with E-state index in [1.54, 1.807) is 0 Å². The second kappa shape index (κ2) is 6.24. The summed E-state index contributed by atoms with van der Waals surface area (Å²) in [5.41, 5.74) is 5.63. The van der Waals surface area contributed by atoms with Gasteiger partial charge in [-0.2, -0.15) is 13.2 Å². The number of hydrogen-bond acceptors (Lipinski definition) is 2. The van der Waals surface area contributed by atoms with E-state index < -0.39 is 12.1 Å². The Morgan fingerprint density at radius 1 is 1.28 bits per heavy atom. The van der Waals surface area contributed by atoms with Gasteiger partial charge in [0.15, 0.2) is 0 Å². The fraction of sp³-hybridized carbons (Fsp3) is 1.00. The van der Waals surface area contributed by atoms with Crippen LogP contribution in [0.3, 0.4) is 0 Å². The zero-order valence-corrected chi connectivity index (χ0v) is 11.4. The maximum Gasteiger partial charge on any atom is 0.391 e. The quantitative estimate of drug-likeness (QED) is 0.828. The number of rotatable bonds is 5. The number of hydrogen-bond donors (Lipinski definition) is 1. The molecule has 2 nitrogen and oxygen atoms in total. The Balaban J connectivity index is 2.59. The SMILES string of the molecule is CCCCN(C)C1(CN)CCC(C(F)(F)F)CC1. The van der Waals surface area contributed by atoms with Crippen molar-refractivity contribution in [3.05, 3.63) is 0 Å². The predicted molar refractivity (Wildman–Crippen MR) is 67.3 cm³/mol. The number of likely N-dealkylation sites (N-methyl/N-ethyl adjacent to an activating group) is 1. The molecule has 0 heterocycles. The van der Waals surface area contributed by atoms with Gasteiger partial charge in [-0.1, -0.05) is 13.3 Å². The van der Waals surface area contributed by atoms with Crippen LogP contribution in [0.4, 0.5) is 13.2 Å². The van der Waals surface area contributed by atoms with Crippen molar-refractivity contribution in [1.82, 2.24) is 4.90 Å². The summed E-state index contributed by atoms with van der Waals surface area (Å²) < 4.78 is 38.0. The first-order chi connectivity index (χ1) is 8.35. The summed E-state index contributed by atoms with van der Waals surface area (Å²) in [4.78, 5) is 2.18. The molecule has 0 bridgehead atoms. The van der Waals surface area contributed by atoms with Gasteiger partial charge in [-0.25, -0.2) is 0 Å². The maximum absolute atomic E-state index is 12.7. The number of unbranched alkanes of at least 4 members (excludes halogenated alkanes) is 1. The summed E-state index contributed by atoms with van der Waals surface area (Å²) in [5, 5.41) is 0. The smallest absolute Gasteiger partial charge is 0.329 e. The lowest BCUT2D eigenvalue weighted by Crippen LogP contribution is -2.55. The van der Waals surface area contributed by atoms with Gasteiger partial charge in [0.25, 0.3) is 0 Å². The Morgan fingerprint density at radius 2 is 1.83 bits per heavy atom. The zero-order chi connectivity index (χ0) is 13.8. The average Bonchev–Trinajstić information content (AvgIpc) is 2.34. The number of alkyl halides is 3. The van der Waals surface area contributed by atoms with Crippen LogP contribution in [0.25, 0.3) is 0 Å². The van der Waals surface area contributed by atoms with Crippen molar-refractivity contribution in [3.63, 3.8) is 0 Å². The van der Waals surface area contributed by atoms with Crippen LogP contribution in [0.1, 0.15) is 45.4 Å². The molecule has 2 N–H and O–H groups in total. The second-order valence-corrected chi connectivity index (χ2v) is 5.52. The molecule has 18 heavy (non-hydrogen) atoms. The lowest BCUT2D eigenvalue weighted by atomic mass is 9.75. The van der Waals surface area contributed by atoms with Gasteiger partial charge in [-0.15, -0.1) is 0 Å². The van der Waals surface area contributed by atoms with Crippen LogP contribution < -0.4 is 5.73 Å². The van der Waals surface area contributed by atoms with Gasteiger partial charge < -0.3 is 5.73 Å². The van der Waals surface area contributed by atoms with E-state index in [2.05, 4.69) is 11.8 Å². The first kappa shape index (κ1) is 15.8. The van der Waals surface area contributed by atoms with E-state index in [1.165, 1.54) is 0 Å². The molecule has 1 rings (SSSR count). The number of halogens is 3. The predicted octanol–water partition coefficient (Wildman–Crippen LogP) is 3.17. The molecule has 0 atom stereocenters. The van der Waals surface area contributed by atoms with Crippen molar-refractivity contribution >= 4 is 0 Å². The summed E-state index contributed by atoms with van der Waals surface area (Å²) >= 11 is 0. The first-order valence-electron chi connectivity index (χ1n) is 6.84. The van der Waals surface area contributed by atoms with Crippen molar-refractivity contribution in [3.8, 4) is 0 Å². The van der Waals surface area contributed by atoms with Crippen LogP contribution in [0.2, 0.25) is 0 Å². The maximum atomic E-state index is 12.7. The fourth-order valence-corrected chi connectivity index (χ4v) is 2.86. The van der Waals surface area contributed by atoms with Crippen molar-refractivity contribution < 1.29 is 13.2 Å². The number of nitrogens with zero attached hydrogens (tertiary/aromatic N) is 1. The van der Waals surface area contributed by atoms with E-state index in [9.17, 15) is 13.2 Å². The van der Waals surface area contributed by atoms with Crippen molar-refractivity contribution in [2.75, 3.05) is 20.1 Å². The molecular weight excluding hydrogens is 241 g/mol. The van der Waals surface area contributed by atoms with Gasteiger partial charge in [-0.05, 0) is 45.7 Å². The molecule has 0 aromatic heterocycles. The highest BCUT2D eigenvalue weighted by molar-refractivity contribution is 4.95. The summed E-state index contributed by atoms with van der Waals surface area (Å²) in [6.07, 6.45) is -0.310. The van der Waals surface area contributed by atoms with Gasteiger partial charge in [0.1, 0.15) is 0 Å². The average molecular weight is 266 g/mol. The molecule has 0 saturated heterocycles. The molecule has 1 saturated carbocycles. The largest absolute Gasteiger partial charge is 0.391 e. The minimum absolute atomic E-state index is 0.211. The van der Waals surface area contributed by atoms with Crippen molar-refractivity contribution in [2.24, 2.45) is 11.7 Å². The van der Waals surface area contributed by atoms with E-state index in [0.29, 0.717) is 19.4 Å². The molecule has 5 heteroatoms. The molecule has 1 fully saturated rings. The van der Waals surface area contributed by atoms with E-state index in [4.69, 9.17) is 5.73 Å². The van der Waals surface area contributed by atoms with Crippen LogP contribution >= 0.6 is 0 Å². The molecule has 0 aromatic carbocycles. The lowest BCUT2D eigenvalue weighted by molar-refractivity contribution is -0.188. The third kappa shape index (κ3) is 3.60. The van der Waals surface area contributed by atoms with Gasteiger partial charge in [0, 0.05) is 12.1 Å². The second-order valence-electron chi connectivity index (χ2n) is 5.52. The minimum atomic E-state index is -4.04. The van der Waals surface area contributed by atoms with Crippen LogP contribution in [-0.4, -0.2) is 36.8 Å². The summed E-state index contributed by atoms with van der Waals surface area (Å²) in [5.74, 6) is -1.13.